The first kappa shape index (κ1) is 21.0. The molecule has 10 heteroatoms. The summed E-state index contributed by atoms with van der Waals surface area (Å²) in [6, 6.07) is 7.30. The van der Waals surface area contributed by atoms with Crippen LogP contribution in [0.1, 0.15) is 28.5 Å². The zero-order valence-corrected chi connectivity index (χ0v) is 18.4. The monoisotopic (exact) mass is 458 g/mol. The van der Waals surface area contributed by atoms with Crippen LogP contribution in [-0.4, -0.2) is 71.8 Å². The van der Waals surface area contributed by atoms with Crippen LogP contribution >= 0.6 is 0 Å². The van der Waals surface area contributed by atoms with Crippen LogP contribution in [0.15, 0.2) is 30.3 Å². The standard InChI is InChI=1S/C22H23FN4O4S/c1-14-20-18(22(28)26-7-9-31-10-8-26)12-19(15-2-4-16(23)5-3-15)24-21(20)27(25-14)17-6-11-32(29,30)13-17/h2-5,12,17H,6-11,13H2,1H3/t17-/m0/s1. The van der Waals surface area contributed by atoms with E-state index >= 15 is 0 Å². The van der Waals surface area contributed by atoms with Gasteiger partial charge in [0.1, 0.15) is 5.82 Å². The fourth-order valence-electron chi connectivity index (χ4n) is 4.41. The molecule has 1 amide bonds. The summed E-state index contributed by atoms with van der Waals surface area (Å²) in [6.07, 6.45) is 0.452. The van der Waals surface area contributed by atoms with Gasteiger partial charge in [-0.15, -0.1) is 0 Å². The lowest BCUT2D eigenvalue weighted by Gasteiger charge is -2.27. The number of pyridine rings is 1. The van der Waals surface area contributed by atoms with Crippen molar-refractivity contribution in [3.8, 4) is 11.3 Å². The van der Waals surface area contributed by atoms with Crippen molar-refractivity contribution in [1.29, 1.82) is 0 Å². The van der Waals surface area contributed by atoms with Crippen molar-refractivity contribution < 1.29 is 22.3 Å². The Kier molecular flexibility index (Phi) is 5.21. The number of hydrogen-bond donors (Lipinski definition) is 0. The second kappa shape index (κ2) is 7.93. The summed E-state index contributed by atoms with van der Waals surface area (Å²) in [5.41, 5.74) is 2.73. The first-order chi connectivity index (χ1) is 15.3. The van der Waals surface area contributed by atoms with E-state index in [1.165, 1.54) is 12.1 Å². The summed E-state index contributed by atoms with van der Waals surface area (Å²) >= 11 is 0. The third-order valence-electron chi connectivity index (χ3n) is 6.06. The molecule has 0 saturated carbocycles. The fourth-order valence-corrected chi connectivity index (χ4v) is 6.10. The number of amides is 1. The van der Waals surface area contributed by atoms with Crippen LogP contribution in [0.2, 0.25) is 0 Å². The zero-order chi connectivity index (χ0) is 22.5. The minimum Gasteiger partial charge on any atom is -0.378 e. The summed E-state index contributed by atoms with van der Waals surface area (Å²) in [5, 5.41) is 5.23. The molecule has 0 aliphatic carbocycles. The second-order valence-corrected chi connectivity index (χ2v) is 10.5. The van der Waals surface area contributed by atoms with Crippen molar-refractivity contribution in [2.24, 2.45) is 0 Å². The highest BCUT2D eigenvalue weighted by Gasteiger charge is 2.33. The van der Waals surface area contributed by atoms with Crippen LogP contribution in [0.5, 0.6) is 0 Å². The predicted octanol–water partition coefficient (Wildman–Crippen LogP) is 2.38. The van der Waals surface area contributed by atoms with Crippen molar-refractivity contribution in [2.75, 3.05) is 37.8 Å². The Morgan fingerprint density at radius 3 is 2.56 bits per heavy atom. The van der Waals surface area contributed by atoms with Crippen molar-refractivity contribution >= 4 is 26.8 Å². The summed E-state index contributed by atoms with van der Waals surface area (Å²) in [4.78, 5) is 20.0. The van der Waals surface area contributed by atoms with Gasteiger partial charge in [-0.1, -0.05) is 0 Å². The number of carbonyl (C=O) groups excluding carboxylic acids is 1. The second-order valence-electron chi connectivity index (χ2n) is 8.25. The number of halogens is 1. The molecule has 0 bridgehead atoms. The number of sulfone groups is 1. The SMILES string of the molecule is Cc1nn([C@H]2CCS(=O)(=O)C2)c2nc(-c3ccc(F)cc3)cc(C(=O)N3CCOCC3)c12. The van der Waals surface area contributed by atoms with Gasteiger partial charge in [0.05, 0.1) is 53.1 Å². The van der Waals surface area contributed by atoms with Crippen LogP contribution in [0.4, 0.5) is 4.39 Å². The van der Waals surface area contributed by atoms with Gasteiger partial charge in [-0.25, -0.2) is 22.5 Å². The van der Waals surface area contributed by atoms with Crippen LogP contribution in [0, 0.1) is 12.7 Å². The Morgan fingerprint density at radius 2 is 1.91 bits per heavy atom. The van der Waals surface area contributed by atoms with Crippen LogP contribution in [-0.2, 0) is 14.6 Å². The van der Waals surface area contributed by atoms with Crippen molar-refractivity contribution in [2.45, 2.75) is 19.4 Å². The van der Waals surface area contributed by atoms with Crippen molar-refractivity contribution in [3.63, 3.8) is 0 Å². The molecule has 5 rings (SSSR count). The van der Waals surface area contributed by atoms with Crippen LogP contribution < -0.4 is 0 Å². The lowest BCUT2D eigenvalue weighted by molar-refractivity contribution is 0.0304. The number of rotatable bonds is 3. The van der Waals surface area contributed by atoms with Gasteiger partial charge in [-0.05, 0) is 43.7 Å². The minimum absolute atomic E-state index is 0.00157. The Morgan fingerprint density at radius 1 is 1.19 bits per heavy atom. The van der Waals surface area contributed by atoms with Gasteiger partial charge in [-0.3, -0.25) is 4.79 Å². The van der Waals surface area contributed by atoms with Gasteiger partial charge in [0, 0.05) is 18.7 Å². The molecule has 0 unspecified atom stereocenters. The molecule has 0 spiro atoms. The number of morpholine rings is 1. The van der Waals surface area contributed by atoms with Gasteiger partial charge in [0.15, 0.2) is 15.5 Å². The molecule has 0 N–H and O–H groups in total. The predicted molar refractivity (Wildman–Crippen MR) is 117 cm³/mol. The van der Waals surface area contributed by atoms with Gasteiger partial charge in [0.25, 0.3) is 5.91 Å². The molecule has 2 aliphatic rings. The van der Waals surface area contributed by atoms with Gasteiger partial charge in [-0.2, -0.15) is 5.10 Å². The highest BCUT2D eigenvalue weighted by molar-refractivity contribution is 7.91. The Labute approximate surface area is 184 Å². The van der Waals surface area contributed by atoms with E-state index in [0.717, 1.165) is 0 Å². The third kappa shape index (κ3) is 3.77. The number of hydrogen-bond acceptors (Lipinski definition) is 6. The van der Waals surface area contributed by atoms with Crippen LogP contribution in [0.25, 0.3) is 22.3 Å². The minimum atomic E-state index is -3.13. The van der Waals surface area contributed by atoms with Crippen molar-refractivity contribution in [1.82, 2.24) is 19.7 Å². The molecular weight excluding hydrogens is 435 g/mol. The van der Waals surface area contributed by atoms with E-state index in [1.54, 1.807) is 34.7 Å². The number of aromatic nitrogens is 3. The van der Waals surface area contributed by atoms with Crippen molar-refractivity contribution in [3.05, 3.63) is 47.4 Å². The fraction of sp³-hybridized carbons (Fsp3) is 0.409. The smallest absolute Gasteiger partial charge is 0.254 e. The largest absolute Gasteiger partial charge is 0.378 e. The Bertz CT molecular complexity index is 1300. The van der Waals surface area contributed by atoms with E-state index in [2.05, 4.69) is 5.10 Å². The molecule has 2 saturated heterocycles. The molecule has 4 heterocycles. The lowest BCUT2D eigenvalue weighted by Crippen LogP contribution is -2.40. The molecule has 2 aromatic heterocycles. The maximum Gasteiger partial charge on any atom is 0.254 e. The van der Waals surface area contributed by atoms with E-state index in [4.69, 9.17) is 9.72 Å². The molecule has 168 valence electrons. The Hall–Kier alpha value is -2.85. The molecule has 2 fully saturated rings. The topological polar surface area (TPSA) is 94.4 Å². The third-order valence-corrected chi connectivity index (χ3v) is 7.81. The number of fused-ring (bicyclic) bond motifs is 1. The van der Waals surface area contributed by atoms with Gasteiger partial charge in [0.2, 0.25) is 0 Å². The number of aryl methyl sites for hydroxylation is 1. The molecule has 3 aromatic rings. The molecule has 8 nitrogen and oxygen atoms in total. The van der Waals surface area contributed by atoms with E-state index < -0.39 is 9.84 Å². The molecular formula is C22H23FN4O4S. The maximum absolute atomic E-state index is 13.5. The van der Waals surface area contributed by atoms with Gasteiger partial charge < -0.3 is 9.64 Å². The highest BCUT2D eigenvalue weighted by Crippen LogP contribution is 2.32. The zero-order valence-electron chi connectivity index (χ0n) is 17.6. The molecule has 0 radical (unpaired) electrons. The van der Waals surface area contributed by atoms with Crippen LogP contribution in [0.3, 0.4) is 0 Å². The quantitative estimate of drug-likeness (QED) is 0.598. The molecule has 32 heavy (non-hydrogen) atoms. The maximum atomic E-state index is 13.5. The first-order valence-electron chi connectivity index (χ1n) is 10.6. The summed E-state index contributed by atoms with van der Waals surface area (Å²) in [7, 11) is -3.13. The number of carbonyl (C=O) groups is 1. The summed E-state index contributed by atoms with van der Waals surface area (Å²) < 4.78 is 44.7. The number of benzene rings is 1. The number of ether oxygens (including phenoxy) is 1. The summed E-state index contributed by atoms with van der Waals surface area (Å²) in [6.45, 7) is 3.73. The van der Waals surface area contributed by atoms with Gasteiger partial charge >= 0.3 is 0 Å². The van der Waals surface area contributed by atoms with E-state index in [-0.39, 0.29) is 29.3 Å². The summed E-state index contributed by atoms with van der Waals surface area (Å²) in [5.74, 6) is -0.407. The average Bonchev–Trinajstić information content (AvgIpc) is 3.32. The first-order valence-corrected chi connectivity index (χ1v) is 12.4. The van der Waals surface area contributed by atoms with E-state index in [1.807, 2.05) is 0 Å². The van der Waals surface area contributed by atoms with E-state index in [0.29, 0.717) is 66.3 Å². The highest BCUT2D eigenvalue weighted by atomic mass is 32.2. The van der Waals surface area contributed by atoms with E-state index in [9.17, 15) is 17.6 Å². The molecule has 1 aromatic carbocycles. The lowest BCUT2D eigenvalue weighted by atomic mass is 10.0. The number of nitrogens with zero attached hydrogens (tertiary/aromatic N) is 4. The normalized spacial score (nSPS) is 20.7. The molecule has 2 aliphatic heterocycles. The molecule has 1 atom stereocenters. The Balaban J connectivity index is 1.70. The average molecular weight is 459 g/mol.